The molecule has 7 heteroatoms. The molecule has 2 N–H and O–H groups in total. The molecule has 0 spiro atoms. The van der Waals surface area contributed by atoms with Crippen LogP contribution in [-0.4, -0.2) is 44.0 Å². The highest BCUT2D eigenvalue weighted by Gasteiger charge is 2.34. The third-order valence-electron chi connectivity index (χ3n) is 5.02. The predicted molar refractivity (Wildman–Crippen MR) is 96.7 cm³/mol. The average molecular weight is 358 g/mol. The monoisotopic (exact) mass is 358 g/mol. The zero-order valence-electron chi connectivity index (χ0n) is 15.3. The van der Waals surface area contributed by atoms with Crippen LogP contribution in [0.1, 0.15) is 36.9 Å². The number of carbonyl (C=O) groups is 1. The van der Waals surface area contributed by atoms with E-state index in [1.165, 1.54) is 0 Å². The summed E-state index contributed by atoms with van der Waals surface area (Å²) in [6, 6.07) is 3.33. The minimum atomic E-state index is -0.729. The highest BCUT2D eigenvalue weighted by Crippen LogP contribution is 2.24. The summed E-state index contributed by atoms with van der Waals surface area (Å²) in [4.78, 5) is 16.3. The summed E-state index contributed by atoms with van der Waals surface area (Å²) >= 11 is 0. The van der Waals surface area contributed by atoms with E-state index in [1.54, 1.807) is 29.3 Å². The number of carbonyl (C=O) groups excluding carboxylic acids is 1. The maximum atomic E-state index is 12.3. The third-order valence-corrected chi connectivity index (χ3v) is 5.02. The number of rotatable bonds is 6. The largest absolute Gasteiger partial charge is 0.486 e. The second-order valence-corrected chi connectivity index (χ2v) is 6.82. The predicted octanol–water partition coefficient (Wildman–Crippen LogP) is 1.53. The number of amides is 1. The van der Waals surface area contributed by atoms with E-state index < -0.39 is 6.10 Å². The first-order chi connectivity index (χ1) is 12.5. The zero-order valence-corrected chi connectivity index (χ0v) is 15.3. The van der Waals surface area contributed by atoms with Crippen LogP contribution in [0, 0.1) is 6.92 Å². The second-order valence-electron chi connectivity index (χ2n) is 6.82. The van der Waals surface area contributed by atoms with Crippen molar-refractivity contribution >= 4 is 5.91 Å². The van der Waals surface area contributed by atoms with Gasteiger partial charge in [0.25, 0.3) is 0 Å². The molecule has 3 rings (SSSR count). The molecule has 1 aliphatic rings. The topological polar surface area (TPSA) is 89.3 Å². The third kappa shape index (κ3) is 4.40. The first kappa shape index (κ1) is 18.4. The normalized spacial score (nSPS) is 22.8. The summed E-state index contributed by atoms with van der Waals surface area (Å²) in [6.07, 6.45) is 7.48. The lowest BCUT2D eigenvalue weighted by atomic mass is 9.89. The van der Waals surface area contributed by atoms with Gasteiger partial charge in [0.1, 0.15) is 18.0 Å². The molecule has 2 aromatic rings. The van der Waals surface area contributed by atoms with E-state index in [1.807, 2.05) is 20.0 Å². The zero-order chi connectivity index (χ0) is 18.5. The molecule has 1 fully saturated rings. The highest BCUT2D eigenvalue weighted by molar-refractivity contribution is 5.76. The van der Waals surface area contributed by atoms with Crippen LogP contribution >= 0.6 is 0 Å². The molecule has 1 aliphatic carbocycles. The SMILES string of the molecule is Cc1c(CCC(=O)N[C@@H]2CCC[C@@H](Oc3cccnc3)[C@@H]2O)cnn1C. The van der Waals surface area contributed by atoms with Crippen LogP contribution in [0.4, 0.5) is 0 Å². The quantitative estimate of drug-likeness (QED) is 0.817. The van der Waals surface area contributed by atoms with Crippen LogP contribution < -0.4 is 10.1 Å². The van der Waals surface area contributed by atoms with Crippen molar-refractivity contribution in [2.24, 2.45) is 7.05 Å². The van der Waals surface area contributed by atoms with Gasteiger partial charge in [-0.05, 0) is 50.3 Å². The Morgan fingerprint density at radius 1 is 1.42 bits per heavy atom. The van der Waals surface area contributed by atoms with Gasteiger partial charge in [0, 0.05) is 25.4 Å². The standard InChI is InChI=1S/C19H26N4O3/c1-13-14(11-21-23(13)2)8-9-18(24)22-16-6-3-7-17(19(16)25)26-15-5-4-10-20-12-15/h4-5,10-12,16-17,19,25H,3,6-9H2,1-2H3,(H,22,24)/t16-,17-,19-/m1/s1. The van der Waals surface area contributed by atoms with Gasteiger partial charge in [0.15, 0.2) is 0 Å². The van der Waals surface area contributed by atoms with E-state index in [-0.39, 0.29) is 18.1 Å². The molecule has 0 unspecified atom stereocenters. The van der Waals surface area contributed by atoms with Gasteiger partial charge in [-0.2, -0.15) is 5.10 Å². The average Bonchev–Trinajstić information content (AvgIpc) is 2.96. The van der Waals surface area contributed by atoms with E-state index in [4.69, 9.17) is 4.74 Å². The van der Waals surface area contributed by atoms with Gasteiger partial charge < -0.3 is 15.2 Å². The minimum absolute atomic E-state index is 0.0562. The molecule has 140 valence electrons. The Labute approximate surface area is 153 Å². The van der Waals surface area contributed by atoms with Gasteiger partial charge in [-0.25, -0.2) is 0 Å². The van der Waals surface area contributed by atoms with E-state index in [9.17, 15) is 9.90 Å². The number of hydrogen-bond acceptors (Lipinski definition) is 5. The lowest BCUT2D eigenvalue weighted by Crippen LogP contribution is -2.52. The fraction of sp³-hybridized carbons (Fsp3) is 0.526. The number of hydrogen-bond donors (Lipinski definition) is 2. The number of ether oxygens (including phenoxy) is 1. The van der Waals surface area contributed by atoms with Gasteiger partial charge in [-0.15, -0.1) is 0 Å². The summed E-state index contributed by atoms with van der Waals surface area (Å²) in [6.45, 7) is 1.99. The first-order valence-corrected chi connectivity index (χ1v) is 9.06. The molecule has 0 radical (unpaired) electrons. The van der Waals surface area contributed by atoms with Crippen LogP contribution in [0.25, 0.3) is 0 Å². The summed E-state index contributed by atoms with van der Waals surface area (Å²) in [5.41, 5.74) is 2.14. The van der Waals surface area contributed by atoms with Crippen LogP contribution in [-0.2, 0) is 18.3 Å². The van der Waals surface area contributed by atoms with Crippen molar-refractivity contribution in [3.63, 3.8) is 0 Å². The van der Waals surface area contributed by atoms with Gasteiger partial charge in [-0.3, -0.25) is 14.5 Å². The van der Waals surface area contributed by atoms with Crippen LogP contribution in [0.2, 0.25) is 0 Å². The van der Waals surface area contributed by atoms with E-state index in [0.717, 1.165) is 30.5 Å². The number of aliphatic hydroxyl groups is 1. The summed E-state index contributed by atoms with van der Waals surface area (Å²) in [5.74, 6) is 0.579. The lowest BCUT2D eigenvalue weighted by Gasteiger charge is -2.35. The number of pyridine rings is 1. The molecule has 0 saturated heterocycles. The van der Waals surface area contributed by atoms with E-state index in [0.29, 0.717) is 18.6 Å². The Morgan fingerprint density at radius 2 is 2.27 bits per heavy atom. The molecular weight excluding hydrogens is 332 g/mol. The molecular formula is C19H26N4O3. The molecule has 0 aliphatic heterocycles. The molecule has 1 saturated carbocycles. The Kier molecular flexibility index (Phi) is 5.88. The van der Waals surface area contributed by atoms with Crippen molar-refractivity contribution < 1.29 is 14.6 Å². The van der Waals surface area contributed by atoms with Gasteiger partial charge in [0.2, 0.25) is 5.91 Å². The second kappa shape index (κ2) is 8.31. The molecule has 2 heterocycles. The lowest BCUT2D eigenvalue weighted by molar-refractivity contribution is -0.124. The van der Waals surface area contributed by atoms with Crippen molar-refractivity contribution in [2.45, 2.75) is 57.3 Å². The van der Waals surface area contributed by atoms with Crippen LogP contribution in [0.3, 0.4) is 0 Å². The Balaban J connectivity index is 1.51. The van der Waals surface area contributed by atoms with E-state index >= 15 is 0 Å². The van der Waals surface area contributed by atoms with Crippen LogP contribution in [0.5, 0.6) is 5.75 Å². The van der Waals surface area contributed by atoms with Crippen molar-refractivity contribution in [1.82, 2.24) is 20.1 Å². The number of aromatic nitrogens is 3. The molecule has 1 amide bonds. The first-order valence-electron chi connectivity index (χ1n) is 9.06. The van der Waals surface area contributed by atoms with Crippen LogP contribution in [0.15, 0.2) is 30.7 Å². The minimum Gasteiger partial charge on any atom is -0.486 e. The molecule has 0 aromatic carbocycles. The molecule has 3 atom stereocenters. The summed E-state index contributed by atoms with van der Waals surface area (Å²) < 4.78 is 7.66. The Hall–Kier alpha value is -2.41. The Morgan fingerprint density at radius 3 is 2.96 bits per heavy atom. The number of aryl methyl sites for hydroxylation is 2. The summed E-state index contributed by atoms with van der Waals surface area (Å²) in [7, 11) is 1.89. The Bertz CT molecular complexity index is 732. The van der Waals surface area contributed by atoms with Crippen molar-refractivity contribution in [3.05, 3.63) is 42.0 Å². The highest BCUT2D eigenvalue weighted by atomic mass is 16.5. The number of aliphatic hydroxyl groups excluding tert-OH is 1. The summed E-state index contributed by atoms with van der Waals surface area (Å²) in [5, 5.41) is 17.8. The molecule has 26 heavy (non-hydrogen) atoms. The number of nitrogens with zero attached hydrogens (tertiary/aromatic N) is 3. The van der Waals surface area contributed by atoms with E-state index in [2.05, 4.69) is 15.4 Å². The van der Waals surface area contributed by atoms with Crippen molar-refractivity contribution in [2.75, 3.05) is 0 Å². The molecule has 0 bridgehead atoms. The van der Waals surface area contributed by atoms with Gasteiger partial charge in [-0.1, -0.05) is 0 Å². The molecule has 2 aromatic heterocycles. The maximum absolute atomic E-state index is 12.3. The molecule has 7 nitrogen and oxygen atoms in total. The van der Waals surface area contributed by atoms with Crippen molar-refractivity contribution in [1.29, 1.82) is 0 Å². The van der Waals surface area contributed by atoms with Crippen molar-refractivity contribution in [3.8, 4) is 5.75 Å². The maximum Gasteiger partial charge on any atom is 0.220 e. The smallest absolute Gasteiger partial charge is 0.220 e. The fourth-order valence-corrected chi connectivity index (χ4v) is 3.33. The number of nitrogens with one attached hydrogen (secondary N) is 1. The van der Waals surface area contributed by atoms with Gasteiger partial charge >= 0.3 is 0 Å². The van der Waals surface area contributed by atoms with Gasteiger partial charge in [0.05, 0.1) is 18.4 Å². The fourth-order valence-electron chi connectivity index (χ4n) is 3.33.